The Balaban J connectivity index is 1.64. The van der Waals surface area contributed by atoms with Crippen LogP contribution in [0, 0.1) is 11.6 Å². The Labute approximate surface area is 209 Å². The van der Waals surface area contributed by atoms with Gasteiger partial charge in [0.05, 0.1) is 5.41 Å². The predicted octanol–water partition coefficient (Wildman–Crippen LogP) is 3.86. The fourth-order valence-corrected chi connectivity index (χ4v) is 7.93. The average Bonchev–Trinajstić information content (AvgIpc) is 2.76. The van der Waals surface area contributed by atoms with E-state index in [2.05, 4.69) is 0 Å². The van der Waals surface area contributed by atoms with Crippen molar-refractivity contribution in [3.05, 3.63) is 70.8 Å². The van der Waals surface area contributed by atoms with Gasteiger partial charge in [-0.1, -0.05) is 30.3 Å². The van der Waals surface area contributed by atoms with Gasteiger partial charge < -0.3 is 10.5 Å². The van der Waals surface area contributed by atoms with Crippen LogP contribution in [-0.4, -0.2) is 36.2 Å². The zero-order valence-corrected chi connectivity index (χ0v) is 21.3. The van der Waals surface area contributed by atoms with E-state index in [0.717, 1.165) is 12.1 Å². The molecule has 1 aliphatic carbocycles. The number of rotatable bonds is 6. The van der Waals surface area contributed by atoms with Crippen molar-refractivity contribution in [2.75, 3.05) is 0 Å². The van der Waals surface area contributed by atoms with Crippen LogP contribution >= 0.6 is 0 Å². The third-order valence-corrected chi connectivity index (χ3v) is 9.76. The molecular weight excluding hydrogens is 490 g/mol. The molecule has 0 bridgehead atoms. The Morgan fingerprint density at radius 3 is 2.33 bits per heavy atom. The summed E-state index contributed by atoms with van der Waals surface area (Å²) in [6, 6.07) is 10.3. The van der Waals surface area contributed by atoms with Crippen molar-refractivity contribution in [2.45, 2.75) is 75.3 Å². The number of nitrogens with zero attached hydrogens (tertiary/aromatic N) is 1. The Bertz CT molecular complexity index is 1290. The van der Waals surface area contributed by atoms with Gasteiger partial charge in [-0.3, -0.25) is 9.59 Å². The minimum absolute atomic E-state index is 0.0824. The van der Waals surface area contributed by atoms with Crippen LogP contribution in [0.2, 0.25) is 0 Å². The molecule has 2 fully saturated rings. The standard InChI is InChI=1S/C26H30F2N2O5S/c1-16-9-10-23(18-7-5-4-6-8-18)36(33,34)30(16)13-19-11-22(28)20(12-21(19)27)26(24(29)32)14-25(3,15-26)35-17(2)31/h4-8,11-12,16,23H,9-10,13-15H2,1-3H3,(H2,29,32)/t16-,23+,25?,26?/m0/s1. The third-order valence-electron chi connectivity index (χ3n) is 7.39. The van der Waals surface area contributed by atoms with Gasteiger partial charge in [0.25, 0.3) is 0 Å². The lowest BCUT2D eigenvalue weighted by atomic mass is 9.56. The van der Waals surface area contributed by atoms with Crippen LogP contribution in [0.25, 0.3) is 0 Å². The predicted molar refractivity (Wildman–Crippen MR) is 129 cm³/mol. The van der Waals surface area contributed by atoms with Gasteiger partial charge in [-0.25, -0.2) is 17.2 Å². The molecule has 2 atom stereocenters. The first-order valence-corrected chi connectivity index (χ1v) is 13.3. The number of benzene rings is 2. The maximum absolute atomic E-state index is 15.4. The lowest BCUT2D eigenvalue weighted by Crippen LogP contribution is -2.61. The normalized spacial score (nSPS) is 29.8. The van der Waals surface area contributed by atoms with Crippen molar-refractivity contribution in [3.63, 3.8) is 0 Å². The van der Waals surface area contributed by atoms with E-state index in [4.69, 9.17) is 10.5 Å². The van der Waals surface area contributed by atoms with Crippen molar-refractivity contribution in [1.29, 1.82) is 0 Å². The minimum Gasteiger partial charge on any atom is -0.459 e. The number of ether oxygens (including phenoxy) is 1. The molecule has 1 amide bonds. The first kappa shape index (κ1) is 26.2. The molecule has 2 aliphatic rings. The number of primary amides is 1. The summed E-state index contributed by atoms with van der Waals surface area (Å²) in [5.41, 5.74) is 3.33. The molecule has 0 aromatic heterocycles. The molecule has 2 N–H and O–H groups in total. The molecule has 1 saturated heterocycles. The van der Waals surface area contributed by atoms with E-state index in [1.54, 1.807) is 44.2 Å². The smallest absolute Gasteiger partial charge is 0.303 e. The number of halogens is 2. The molecule has 10 heteroatoms. The molecule has 1 saturated carbocycles. The van der Waals surface area contributed by atoms with E-state index in [9.17, 15) is 18.0 Å². The van der Waals surface area contributed by atoms with E-state index >= 15 is 8.78 Å². The summed E-state index contributed by atoms with van der Waals surface area (Å²) in [5, 5.41) is -0.769. The van der Waals surface area contributed by atoms with Crippen LogP contribution in [0.15, 0.2) is 42.5 Å². The van der Waals surface area contributed by atoms with Gasteiger partial charge in [0.2, 0.25) is 15.9 Å². The zero-order valence-electron chi connectivity index (χ0n) is 20.5. The molecule has 1 heterocycles. The summed E-state index contributed by atoms with van der Waals surface area (Å²) in [5.74, 6) is -3.10. The number of amides is 1. The second-order valence-electron chi connectivity index (χ2n) is 10.2. The topological polar surface area (TPSA) is 107 Å². The van der Waals surface area contributed by atoms with E-state index in [0.29, 0.717) is 18.4 Å². The molecule has 36 heavy (non-hydrogen) atoms. The monoisotopic (exact) mass is 520 g/mol. The molecular formula is C26H30F2N2O5S. The molecule has 7 nitrogen and oxygen atoms in total. The van der Waals surface area contributed by atoms with E-state index in [-0.39, 0.29) is 30.5 Å². The van der Waals surface area contributed by atoms with Crippen LogP contribution < -0.4 is 5.73 Å². The Hall–Kier alpha value is -2.85. The van der Waals surface area contributed by atoms with Crippen LogP contribution in [0.3, 0.4) is 0 Å². The highest BCUT2D eigenvalue weighted by atomic mass is 32.2. The molecule has 0 spiro atoms. The highest BCUT2D eigenvalue weighted by Gasteiger charge is 2.60. The summed E-state index contributed by atoms with van der Waals surface area (Å²) >= 11 is 0. The van der Waals surface area contributed by atoms with Gasteiger partial charge in [0, 0.05) is 43.5 Å². The van der Waals surface area contributed by atoms with Crippen LogP contribution in [-0.2, 0) is 36.3 Å². The van der Waals surface area contributed by atoms with Crippen molar-refractivity contribution in [1.82, 2.24) is 4.31 Å². The molecule has 1 aliphatic heterocycles. The first-order chi connectivity index (χ1) is 16.8. The fraction of sp³-hybridized carbons (Fsp3) is 0.462. The molecule has 0 radical (unpaired) electrons. The van der Waals surface area contributed by atoms with Gasteiger partial charge >= 0.3 is 5.97 Å². The van der Waals surface area contributed by atoms with Gasteiger partial charge in [0.1, 0.15) is 22.5 Å². The van der Waals surface area contributed by atoms with Crippen LogP contribution in [0.1, 0.15) is 68.4 Å². The van der Waals surface area contributed by atoms with Crippen molar-refractivity contribution in [3.8, 4) is 0 Å². The van der Waals surface area contributed by atoms with Crippen molar-refractivity contribution < 1.29 is 31.5 Å². The van der Waals surface area contributed by atoms with Crippen molar-refractivity contribution in [2.24, 2.45) is 5.73 Å². The lowest BCUT2D eigenvalue weighted by Gasteiger charge is -2.51. The number of hydrogen-bond acceptors (Lipinski definition) is 5. The molecule has 4 rings (SSSR count). The minimum atomic E-state index is -3.85. The van der Waals surface area contributed by atoms with Crippen LogP contribution in [0.5, 0.6) is 0 Å². The van der Waals surface area contributed by atoms with Gasteiger partial charge in [-0.15, -0.1) is 0 Å². The largest absolute Gasteiger partial charge is 0.459 e. The summed E-state index contributed by atoms with van der Waals surface area (Å²) < 4.78 is 64.1. The highest BCUT2D eigenvalue weighted by Crippen LogP contribution is 2.53. The summed E-state index contributed by atoms with van der Waals surface area (Å²) in [7, 11) is -3.85. The van der Waals surface area contributed by atoms with Gasteiger partial charge in [-0.05, 0) is 44.4 Å². The number of carbonyl (C=O) groups is 2. The summed E-state index contributed by atoms with van der Waals surface area (Å²) in [6.07, 6.45) is 0.838. The van der Waals surface area contributed by atoms with Crippen molar-refractivity contribution >= 4 is 21.9 Å². The fourth-order valence-electron chi connectivity index (χ4n) is 5.74. The first-order valence-electron chi connectivity index (χ1n) is 11.8. The average molecular weight is 521 g/mol. The maximum atomic E-state index is 15.4. The van der Waals surface area contributed by atoms with E-state index < -0.39 is 55.8 Å². The molecule has 2 aromatic rings. The molecule has 194 valence electrons. The zero-order chi connectivity index (χ0) is 26.5. The third kappa shape index (κ3) is 4.52. The summed E-state index contributed by atoms with van der Waals surface area (Å²) in [4.78, 5) is 23.7. The molecule has 0 unspecified atom stereocenters. The molecule has 2 aromatic carbocycles. The van der Waals surface area contributed by atoms with E-state index in [1.807, 2.05) is 0 Å². The number of sulfonamides is 1. The quantitative estimate of drug-likeness (QED) is 0.582. The van der Waals surface area contributed by atoms with Gasteiger partial charge in [0.15, 0.2) is 0 Å². The van der Waals surface area contributed by atoms with E-state index in [1.165, 1.54) is 11.2 Å². The second kappa shape index (κ2) is 9.23. The lowest BCUT2D eigenvalue weighted by molar-refractivity contribution is -0.177. The number of hydrogen-bond donors (Lipinski definition) is 1. The van der Waals surface area contributed by atoms with Crippen LogP contribution in [0.4, 0.5) is 8.78 Å². The highest BCUT2D eigenvalue weighted by molar-refractivity contribution is 7.89. The Kier molecular flexibility index (Phi) is 6.72. The number of esters is 1. The van der Waals surface area contributed by atoms with Gasteiger partial charge in [-0.2, -0.15) is 4.31 Å². The SMILES string of the molecule is CC(=O)OC1(C)CC(C(N)=O)(c2cc(F)c(CN3[C@@H](C)CC[C@H](c4ccccc4)S3(=O)=O)cc2F)C1. The second-order valence-corrected chi connectivity index (χ2v) is 12.3. The number of nitrogens with two attached hydrogens (primary N) is 1. The Morgan fingerprint density at radius 2 is 1.75 bits per heavy atom. The maximum Gasteiger partial charge on any atom is 0.303 e. The number of carbonyl (C=O) groups excluding carboxylic acids is 2. The Morgan fingerprint density at radius 1 is 1.11 bits per heavy atom. The summed E-state index contributed by atoms with van der Waals surface area (Å²) in [6.45, 7) is 4.23.